The number of aromatic amines is 1. The summed E-state index contributed by atoms with van der Waals surface area (Å²) in [5.41, 5.74) is 1.78. The maximum absolute atomic E-state index is 12.3. The summed E-state index contributed by atoms with van der Waals surface area (Å²) in [4.78, 5) is 26.7. The van der Waals surface area contributed by atoms with E-state index in [4.69, 9.17) is 11.6 Å². The monoisotopic (exact) mass is 306 g/mol. The second-order valence-electron chi connectivity index (χ2n) is 5.36. The largest absolute Gasteiger partial charge is 0.329 e. The fourth-order valence-corrected chi connectivity index (χ4v) is 2.52. The van der Waals surface area contributed by atoms with E-state index in [1.54, 1.807) is 0 Å². The van der Waals surface area contributed by atoms with Crippen LogP contribution in [0.5, 0.6) is 0 Å². The lowest BCUT2D eigenvalue weighted by atomic mass is 10.0. The zero-order valence-corrected chi connectivity index (χ0v) is 13.2. The summed E-state index contributed by atoms with van der Waals surface area (Å²) in [6, 6.07) is 7.94. The van der Waals surface area contributed by atoms with Gasteiger partial charge in [0, 0.05) is 0 Å². The molecule has 2 rings (SSSR count). The number of nitrogens with one attached hydrogen (secondary N) is 1. The summed E-state index contributed by atoms with van der Waals surface area (Å²) in [6.45, 7) is 6.33. The Morgan fingerprint density at radius 1 is 1.19 bits per heavy atom. The molecule has 1 aromatic carbocycles. The summed E-state index contributed by atoms with van der Waals surface area (Å²) in [7, 11) is 0. The van der Waals surface area contributed by atoms with E-state index in [0.717, 1.165) is 5.56 Å². The van der Waals surface area contributed by atoms with Crippen LogP contribution < -0.4 is 11.2 Å². The van der Waals surface area contributed by atoms with Gasteiger partial charge in [-0.15, -0.1) is 0 Å². The minimum Gasteiger partial charge on any atom is -0.297 e. The first-order valence-corrected chi connectivity index (χ1v) is 7.42. The molecule has 0 aliphatic carbocycles. The van der Waals surface area contributed by atoms with E-state index in [9.17, 15) is 9.59 Å². The molecule has 1 aromatic heterocycles. The van der Waals surface area contributed by atoms with Crippen LogP contribution in [0.3, 0.4) is 0 Å². The van der Waals surface area contributed by atoms with Gasteiger partial charge < -0.3 is 0 Å². The second kappa shape index (κ2) is 6.31. The summed E-state index contributed by atoms with van der Waals surface area (Å²) in [6.07, 6.45) is 0.487. The van der Waals surface area contributed by atoms with E-state index in [0.29, 0.717) is 17.9 Å². The first-order valence-electron chi connectivity index (χ1n) is 7.04. The Morgan fingerprint density at radius 2 is 1.81 bits per heavy atom. The van der Waals surface area contributed by atoms with Crippen molar-refractivity contribution < 1.29 is 0 Å². The fourth-order valence-electron chi connectivity index (χ4n) is 2.23. The van der Waals surface area contributed by atoms with Crippen LogP contribution in [-0.2, 0) is 13.0 Å². The van der Waals surface area contributed by atoms with Gasteiger partial charge in [-0.3, -0.25) is 14.3 Å². The van der Waals surface area contributed by atoms with Gasteiger partial charge in [0.1, 0.15) is 5.15 Å². The molecule has 1 N–H and O–H groups in total. The molecule has 0 aliphatic heterocycles. The Bertz CT molecular complexity index is 742. The highest BCUT2D eigenvalue weighted by Crippen LogP contribution is 2.15. The Balaban J connectivity index is 2.40. The van der Waals surface area contributed by atoms with Crippen molar-refractivity contribution in [2.24, 2.45) is 0 Å². The van der Waals surface area contributed by atoms with Gasteiger partial charge in [-0.25, -0.2) is 4.79 Å². The van der Waals surface area contributed by atoms with Gasteiger partial charge in [-0.1, -0.05) is 56.6 Å². The third-order valence-corrected chi connectivity index (χ3v) is 3.89. The minimum absolute atomic E-state index is 0.138. The van der Waals surface area contributed by atoms with E-state index in [2.05, 4.69) is 18.8 Å². The topological polar surface area (TPSA) is 54.9 Å². The number of benzene rings is 1. The molecule has 0 saturated carbocycles. The molecule has 0 atom stereocenters. The fraction of sp³-hybridized carbons (Fsp3) is 0.375. The van der Waals surface area contributed by atoms with Gasteiger partial charge in [-0.05, 0) is 23.5 Å². The van der Waals surface area contributed by atoms with Crippen LogP contribution in [0.25, 0.3) is 0 Å². The number of hydrogen-bond acceptors (Lipinski definition) is 2. The predicted octanol–water partition coefficient (Wildman–Crippen LogP) is 2.92. The molecule has 21 heavy (non-hydrogen) atoms. The highest BCUT2D eigenvalue weighted by molar-refractivity contribution is 6.30. The molecule has 4 nitrogen and oxygen atoms in total. The lowest BCUT2D eigenvalue weighted by molar-refractivity contribution is 0.685. The number of hydrogen-bond donors (Lipinski definition) is 1. The molecular formula is C16H19ClN2O2. The van der Waals surface area contributed by atoms with Crippen LogP contribution in [0.4, 0.5) is 0 Å². The van der Waals surface area contributed by atoms with E-state index >= 15 is 0 Å². The molecule has 112 valence electrons. The van der Waals surface area contributed by atoms with Crippen molar-refractivity contribution in [3.05, 3.63) is 66.9 Å². The van der Waals surface area contributed by atoms with Crippen molar-refractivity contribution in [3.63, 3.8) is 0 Å². The van der Waals surface area contributed by atoms with Crippen molar-refractivity contribution >= 4 is 11.6 Å². The quantitative estimate of drug-likeness (QED) is 0.883. The Kier molecular flexibility index (Phi) is 4.68. The van der Waals surface area contributed by atoms with Crippen molar-refractivity contribution in [2.45, 2.75) is 39.7 Å². The maximum atomic E-state index is 12.3. The maximum Gasteiger partial charge on any atom is 0.329 e. The van der Waals surface area contributed by atoms with Gasteiger partial charge in [-0.2, -0.15) is 0 Å². The van der Waals surface area contributed by atoms with Gasteiger partial charge in [0.2, 0.25) is 0 Å². The van der Waals surface area contributed by atoms with Crippen LogP contribution >= 0.6 is 11.6 Å². The highest BCUT2D eigenvalue weighted by atomic mass is 35.5. The predicted molar refractivity (Wildman–Crippen MR) is 85.3 cm³/mol. The Morgan fingerprint density at radius 3 is 2.33 bits per heavy atom. The molecule has 0 aliphatic rings. The molecule has 0 bridgehead atoms. The Labute approximate surface area is 128 Å². The van der Waals surface area contributed by atoms with Crippen LogP contribution in [0, 0.1) is 0 Å². The van der Waals surface area contributed by atoms with Crippen molar-refractivity contribution in [2.75, 3.05) is 0 Å². The third-order valence-electron chi connectivity index (χ3n) is 3.57. The average Bonchev–Trinajstić information content (AvgIpc) is 2.44. The summed E-state index contributed by atoms with van der Waals surface area (Å²) in [5.74, 6) is 0.451. The smallest absolute Gasteiger partial charge is 0.297 e. The second-order valence-corrected chi connectivity index (χ2v) is 5.74. The van der Waals surface area contributed by atoms with Crippen LogP contribution in [-0.4, -0.2) is 9.55 Å². The zero-order valence-electron chi connectivity index (χ0n) is 12.4. The molecule has 0 radical (unpaired) electrons. The standard InChI is InChI=1S/C16H19ClN2O2/c1-4-13-14(17)18-16(21)19(15(13)20)9-11-5-7-12(8-6-11)10(2)3/h5-8,10H,4,9H2,1-3H3,(H,18,21). The number of aromatic nitrogens is 2. The van der Waals surface area contributed by atoms with Crippen molar-refractivity contribution in [1.29, 1.82) is 0 Å². The van der Waals surface area contributed by atoms with E-state index < -0.39 is 5.69 Å². The molecule has 0 fully saturated rings. The van der Waals surface area contributed by atoms with E-state index in [1.165, 1.54) is 10.1 Å². The Hall–Kier alpha value is -1.81. The van der Waals surface area contributed by atoms with E-state index in [1.807, 2.05) is 31.2 Å². The van der Waals surface area contributed by atoms with Gasteiger partial charge in [0.15, 0.2) is 0 Å². The molecule has 0 amide bonds. The molecule has 1 heterocycles. The molecule has 0 saturated heterocycles. The van der Waals surface area contributed by atoms with Gasteiger partial charge >= 0.3 is 5.69 Å². The van der Waals surface area contributed by atoms with Gasteiger partial charge in [0.05, 0.1) is 12.1 Å². The van der Waals surface area contributed by atoms with Crippen LogP contribution in [0.1, 0.15) is 43.4 Å². The number of nitrogens with zero attached hydrogens (tertiary/aromatic N) is 1. The zero-order chi connectivity index (χ0) is 15.6. The first kappa shape index (κ1) is 15.6. The van der Waals surface area contributed by atoms with Gasteiger partial charge in [0.25, 0.3) is 5.56 Å². The lowest BCUT2D eigenvalue weighted by Gasteiger charge is -2.10. The summed E-state index contributed by atoms with van der Waals surface area (Å²) in [5, 5.41) is 0.138. The molecule has 5 heteroatoms. The molecule has 0 unspecified atom stereocenters. The normalized spacial score (nSPS) is 11.1. The SMILES string of the molecule is CCc1c(Cl)[nH]c(=O)n(Cc2ccc(C(C)C)cc2)c1=O. The van der Waals surface area contributed by atoms with Crippen molar-refractivity contribution in [1.82, 2.24) is 9.55 Å². The summed E-state index contributed by atoms with van der Waals surface area (Å²) < 4.78 is 1.19. The van der Waals surface area contributed by atoms with E-state index in [-0.39, 0.29) is 17.3 Å². The highest BCUT2D eigenvalue weighted by Gasteiger charge is 2.11. The van der Waals surface area contributed by atoms with Crippen LogP contribution in [0.15, 0.2) is 33.9 Å². The van der Waals surface area contributed by atoms with Crippen LogP contribution in [0.2, 0.25) is 5.15 Å². The number of halogens is 1. The first-order chi connectivity index (χ1) is 9.93. The van der Waals surface area contributed by atoms with Crippen molar-refractivity contribution in [3.8, 4) is 0 Å². The molecular weight excluding hydrogens is 288 g/mol. The number of H-pyrrole nitrogens is 1. The molecule has 2 aromatic rings. The average molecular weight is 307 g/mol. The third kappa shape index (κ3) is 3.27. The number of rotatable bonds is 4. The lowest BCUT2D eigenvalue weighted by Crippen LogP contribution is -2.37. The summed E-state index contributed by atoms with van der Waals surface area (Å²) >= 11 is 5.90. The minimum atomic E-state index is -0.477. The molecule has 0 spiro atoms.